The standard InChI is InChI=1S/C29H37N5O3/c1-22-20-30-28-32-25-16-23(17-26(18-25)36-15-12-34-10-4-5-11-34)21-35-13-6-3-7-14-37-29(2)19-24(8-9-31-29)27(22)33-28/h3,6,8-9,16-20,31H,4-5,7,10-15,21H2,1-2H3,(H,30,32,33)/b6-3+. The number of allylic oxidation sites excluding steroid dienone is 2. The van der Waals surface area contributed by atoms with Gasteiger partial charge in [-0.1, -0.05) is 12.2 Å². The van der Waals surface area contributed by atoms with E-state index in [0.717, 1.165) is 59.9 Å². The van der Waals surface area contributed by atoms with E-state index in [1.165, 1.54) is 12.8 Å². The lowest BCUT2D eigenvalue weighted by atomic mass is 10.0. The number of anilines is 2. The molecule has 4 heterocycles. The molecule has 37 heavy (non-hydrogen) atoms. The smallest absolute Gasteiger partial charge is 0.227 e. The number of likely N-dealkylation sites (tertiary alicyclic amines) is 1. The second kappa shape index (κ2) is 11.9. The highest BCUT2D eigenvalue weighted by atomic mass is 16.5. The average Bonchev–Trinajstić information content (AvgIpc) is 3.40. The highest BCUT2D eigenvalue weighted by Gasteiger charge is 2.25. The van der Waals surface area contributed by atoms with Crippen LogP contribution >= 0.6 is 0 Å². The summed E-state index contributed by atoms with van der Waals surface area (Å²) >= 11 is 0. The summed E-state index contributed by atoms with van der Waals surface area (Å²) in [7, 11) is 0. The molecule has 1 atom stereocenters. The van der Waals surface area contributed by atoms with E-state index in [1.54, 1.807) is 0 Å². The van der Waals surface area contributed by atoms with Gasteiger partial charge < -0.3 is 24.8 Å². The zero-order valence-electron chi connectivity index (χ0n) is 21.8. The van der Waals surface area contributed by atoms with Gasteiger partial charge in [0.2, 0.25) is 5.95 Å². The molecule has 0 saturated carbocycles. The minimum atomic E-state index is -0.611. The number of aromatic nitrogens is 2. The van der Waals surface area contributed by atoms with Gasteiger partial charge in [-0.05, 0) is 87.8 Å². The molecule has 1 aromatic carbocycles. The highest BCUT2D eigenvalue weighted by molar-refractivity contribution is 5.76. The quantitative estimate of drug-likeness (QED) is 0.581. The predicted molar refractivity (Wildman–Crippen MR) is 146 cm³/mol. The van der Waals surface area contributed by atoms with Crippen molar-refractivity contribution in [1.82, 2.24) is 20.2 Å². The normalized spacial score (nSPS) is 23.2. The largest absolute Gasteiger partial charge is 0.492 e. The van der Waals surface area contributed by atoms with Gasteiger partial charge in [0, 0.05) is 30.1 Å². The van der Waals surface area contributed by atoms with Crippen molar-refractivity contribution in [2.45, 2.75) is 45.4 Å². The van der Waals surface area contributed by atoms with Crippen molar-refractivity contribution in [3.8, 4) is 5.75 Å². The van der Waals surface area contributed by atoms with Gasteiger partial charge in [-0.15, -0.1) is 0 Å². The average molecular weight is 504 g/mol. The number of rotatable bonds is 4. The Labute approximate surface area is 219 Å². The lowest BCUT2D eigenvalue weighted by Crippen LogP contribution is -2.41. The first-order chi connectivity index (χ1) is 18.1. The SMILES string of the molecule is Cc1cnc2nc1C1=CC(C)(NC=C1)OCC/C=C/COCc1cc(cc(OCCN3CCCC3)c1)N2. The summed E-state index contributed by atoms with van der Waals surface area (Å²) in [5.74, 6) is 1.35. The molecule has 8 heteroatoms. The Balaban J connectivity index is 1.41. The lowest BCUT2D eigenvalue weighted by Gasteiger charge is -2.30. The van der Waals surface area contributed by atoms with Crippen LogP contribution in [0.25, 0.3) is 5.57 Å². The topological polar surface area (TPSA) is 80.8 Å². The molecule has 2 aromatic rings. The van der Waals surface area contributed by atoms with E-state index in [1.807, 2.05) is 44.5 Å². The fraction of sp³-hybridized carbons (Fsp3) is 0.448. The predicted octanol–water partition coefficient (Wildman–Crippen LogP) is 4.71. The maximum Gasteiger partial charge on any atom is 0.227 e. The van der Waals surface area contributed by atoms with Gasteiger partial charge in [0.1, 0.15) is 12.4 Å². The first-order valence-corrected chi connectivity index (χ1v) is 13.2. The Morgan fingerprint density at radius 1 is 1.16 bits per heavy atom. The van der Waals surface area contributed by atoms with E-state index in [4.69, 9.17) is 19.2 Å². The van der Waals surface area contributed by atoms with Crippen molar-refractivity contribution in [2.75, 3.05) is 44.8 Å². The van der Waals surface area contributed by atoms with E-state index in [2.05, 4.69) is 44.8 Å². The van der Waals surface area contributed by atoms with Gasteiger partial charge >= 0.3 is 0 Å². The molecule has 1 aromatic heterocycles. The summed E-state index contributed by atoms with van der Waals surface area (Å²) in [4.78, 5) is 11.9. The minimum absolute atomic E-state index is 0.485. The van der Waals surface area contributed by atoms with E-state index < -0.39 is 5.72 Å². The second-order valence-corrected chi connectivity index (χ2v) is 9.92. The van der Waals surface area contributed by atoms with E-state index >= 15 is 0 Å². The van der Waals surface area contributed by atoms with Gasteiger partial charge in [0.15, 0.2) is 5.72 Å². The molecule has 1 saturated heterocycles. The van der Waals surface area contributed by atoms with Crippen molar-refractivity contribution < 1.29 is 14.2 Å². The van der Waals surface area contributed by atoms with Gasteiger partial charge in [0.05, 0.1) is 25.5 Å². The molecule has 8 nitrogen and oxygen atoms in total. The van der Waals surface area contributed by atoms with Crippen LogP contribution in [0, 0.1) is 6.92 Å². The van der Waals surface area contributed by atoms with Crippen LogP contribution in [-0.4, -0.2) is 60.0 Å². The summed E-state index contributed by atoms with van der Waals surface area (Å²) in [6.07, 6.45) is 15.4. The number of benzene rings is 1. The van der Waals surface area contributed by atoms with E-state index in [0.29, 0.717) is 32.4 Å². The van der Waals surface area contributed by atoms with Crippen LogP contribution in [-0.2, 0) is 16.1 Å². The number of nitrogens with one attached hydrogen (secondary N) is 2. The highest BCUT2D eigenvalue weighted by Crippen LogP contribution is 2.28. The Morgan fingerprint density at radius 2 is 2.05 bits per heavy atom. The third-order valence-corrected chi connectivity index (χ3v) is 6.74. The van der Waals surface area contributed by atoms with Crippen molar-refractivity contribution in [3.63, 3.8) is 0 Å². The molecule has 2 N–H and O–H groups in total. The van der Waals surface area contributed by atoms with Gasteiger partial charge in [-0.3, -0.25) is 4.90 Å². The Morgan fingerprint density at radius 3 is 2.95 bits per heavy atom. The summed E-state index contributed by atoms with van der Waals surface area (Å²) in [6, 6.07) is 6.12. The molecule has 3 aliphatic heterocycles. The Kier molecular flexibility index (Phi) is 8.18. The summed E-state index contributed by atoms with van der Waals surface area (Å²) in [5.41, 5.74) is 4.15. The van der Waals surface area contributed by atoms with Crippen LogP contribution in [0.4, 0.5) is 11.6 Å². The number of fused-ring (bicyclic) bond motifs is 6. The first-order valence-electron chi connectivity index (χ1n) is 13.2. The molecule has 0 radical (unpaired) electrons. The Hall–Kier alpha value is -3.20. The molecule has 196 valence electrons. The number of dihydropyridines is 1. The third-order valence-electron chi connectivity index (χ3n) is 6.74. The molecule has 0 amide bonds. The first kappa shape index (κ1) is 25.4. The van der Waals surface area contributed by atoms with E-state index in [9.17, 15) is 0 Å². The molecular formula is C29H37N5O3. The second-order valence-electron chi connectivity index (χ2n) is 9.92. The molecule has 0 spiro atoms. The third kappa shape index (κ3) is 6.97. The van der Waals surface area contributed by atoms with Crippen molar-refractivity contribution in [1.29, 1.82) is 0 Å². The molecule has 5 rings (SSSR count). The fourth-order valence-electron chi connectivity index (χ4n) is 4.81. The van der Waals surface area contributed by atoms with Crippen LogP contribution in [0.3, 0.4) is 0 Å². The summed E-state index contributed by atoms with van der Waals surface area (Å²) < 4.78 is 18.3. The number of nitrogens with zero attached hydrogens (tertiary/aromatic N) is 3. The van der Waals surface area contributed by atoms with Crippen molar-refractivity contribution in [2.24, 2.45) is 0 Å². The van der Waals surface area contributed by atoms with Crippen LogP contribution in [0.1, 0.15) is 43.0 Å². The number of ether oxygens (including phenoxy) is 3. The summed E-state index contributed by atoms with van der Waals surface area (Å²) in [5, 5.41) is 6.71. The molecule has 1 unspecified atom stereocenters. The number of aryl methyl sites for hydroxylation is 1. The minimum Gasteiger partial charge on any atom is -0.492 e. The number of hydrogen-bond acceptors (Lipinski definition) is 8. The maximum atomic E-state index is 6.17. The monoisotopic (exact) mass is 503 g/mol. The fourth-order valence-corrected chi connectivity index (χ4v) is 4.81. The van der Waals surface area contributed by atoms with Crippen LogP contribution < -0.4 is 15.4 Å². The van der Waals surface area contributed by atoms with Crippen molar-refractivity contribution in [3.05, 3.63) is 71.7 Å². The molecule has 1 fully saturated rings. The number of hydrogen-bond donors (Lipinski definition) is 2. The summed E-state index contributed by atoms with van der Waals surface area (Å²) in [6.45, 7) is 9.59. The van der Waals surface area contributed by atoms with Crippen LogP contribution in [0.5, 0.6) is 5.75 Å². The van der Waals surface area contributed by atoms with Gasteiger partial charge in [0.25, 0.3) is 0 Å². The zero-order chi connectivity index (χ0) is 25.5. The maximum absolute atomic E-state index is 6.17. The molecule has 0 aliphatic carbocycles. The zero-order valence-corrected chi connectivity index (χ0v) is 21.8. The Bertz CT molecular complexity index is 1170. The lowest BCUT2D eigenvalue weighted by molar-refractivity contribution is -0.00786. The van der Waals surface area contributed by atoms with Crippen LogP contribution in [0.15, 0.2) is 54.9 Å². The molecule has 3 aliphatic rings. The van der Waals surface area contributed by atoms with Gasteiger partial charge in [-0.2, -0.15) is 0 Å². The van der Waals surface area contributed by atoms with Crippen molar-refractivity contribution >= 4 is 17.2 Å². The van der Waals surface area contributed by atoms with Gasteiger partial charge in [-0.25, -0.2) is 9.97 Å². The van der Waals surface area contributed by atoms with E-state index in [-0.39, 0.29) is 0 Å². The molecular weight excluding hydrogens is 466 g/mol. The van der Waals surface area contributed by atoms with Crippen LogP contribution in [0.2, 0.25) is 0 Å². The molecule has 6 bridgehead atoms.